The molecular formula is C17H15F3N2O2. The summed E-state index contributed by atoms with van der Waals surface area (Å²) in [6, 6.07) is 11.0. The van der Waals surface area contributed by atoms with E-state index >= 15 is 0 Å². The summed E-state index contributed by atoms with van der Waals surface area (Å²) >= 11 is 0. The van der Waals surface area contributed by atoms with Crippen LogP contribution in [0.3, 0.4) is 0 Å². The number of halogens is 3. The highest BCUT2D eigenvalue weighted by molar-refractivity contribution is 5.89. The van der Waals surface area contributed by atoms with Gasteiger partial charge >= 0.3 is 12.2 Å². The van der Waals surface area contributed by atoms with E-state index in [9.17, 15) is 18.0 Å². The van der Waals surface area contributed by atoms with Crippen molar-refractivity contribution >= 4 is 11.7 Å². The van der Waals surface area contributed by atoms with Gasteiger partial charge in [0, 0.05) is 17.7 Å². The third kappa shape index (κ3) is 3.61. The molecule has 1 aliphatic rings. The zero-order chi connectivity index (χ0) is 17.2. The highest BCUT2D eigenvalue weighted by Crippen LogP contribution is 2.32. The summed E-state index contributed by atoms with van der Waals surface area (Å²) in [4.78, 5) is 12.1. The first-order valence-electron chi connectivity index (χ1n) is 7.40. The lowest BCUT2D eigenvalue weighted by Crippen LogP contribution is -2.35. The molecular weight excluding hydrogens is 321 g/mol. The first-order chi connectivity index (χ1) is 11.4. The Kier molecular flexibility index (Phi) is 4.33. The number of amides is 2. The van der Waals surface area contributed by atoms with E-state index < -0.39 is 17.8 Å². The summed E-state index contributed by atoms with van der Waals surface area (Å²) in [6.07, 6.45) is -3.77. The monoisotopic (exact) mass is 336 g/mol. The SMILES string of the molecule is O=C(Nc1ccc(C(F)(F)F)cc1)NC1CCOc2ccccc21. The minimum absolute atomic E-state index is 0.204. The van der Waals surface area contributed by atoms with E-state index in [1.54, 1.807) is 0 Å². The van der Waals surface area contributed by atoms with Crippen LogP contribution in [0.15, 0.2) is 48.5 Å². The van der Waals surface area contributed by atoms with Crippen LogP contribution in [0.5, 0.6) is 5.75 Å². The third-order valence-corrected chi connectivity index (χ3v) is 3.73. The number of carbonyl (C=O) groups is 1. The van der Waals surface area contributed by atoms with Crippen molar-refractivity contribution < 1.29 is 22.7 Å². The number of alkyl halides is 3. The molecule has 2 aromatic carbocycles. The van der Waals surface area contributed by atoms with E-state index in [0.29, 0.717) is 18.7 Å². The average Bonchev–Trinajstić information content (AvgIpc) is 2.55. The Bertz CT molecular complexity index is 729. The Hall–Kier alpha value is -2.70. The molecule has 0 saturated carbocycles. The van der Waals surface area contributed by atoms with Gasteiger partial charge < -0.3 is 15.4 Å². The normalized spacial score (nSPS) is 16.7. The summed E-state index contributed by atoms with van der Waals surface area (Å²) in [5.41, 5.74) is 0.416. The molecule has 0 saturated heterocycles. The van der Waals surface area contributed by atoms with Gasteiger partial charge in [-0.1, -0.05) is 18.2 Å². The second-order valence-electron chi connectivity index (χ2n) is 5.40. The van der Waals surface area contributed by atoms with Crippen LogP contribution >= 0.6 is 0 Å². The fraction of sp³-hybridized carbons (Fsp3) is 0.235. The van der Waals surface area contributed by atoms with Crippen LogP contribution < -0.4 is 15.4 Å². The quantitative estimate of drug-likeness (QED) is 0.856. The first-order valence-corrected chi connectivity index (χ1v) is 7.40. The second-order valence-corrected chi connectivity index (χ2v) is 5.40. The molecule has 0 bridgehead atoms. The standard InChI is InChI=1S/C17H15F3N2O2/c18-17(19,20)11-5-7-12(8-6-11)21-16(23)22-14-9-10-24-15-4-2-1-3-13(14)15/h1-8,14H,9-10H2,(H2,21,22,23). The highest BCUT2D eigenvalue weighted by Gasteiger charge is 2.30. The first kappa shape index (κ1) is 16.2. The molecule has 2 N–H and O–H groups in total. The molecule has 0 radical (unpaired) electrons. The van der Waals surface area contributed by atoms with Crippen molar-refractivity contribution in [3.63, 3.8) is 0 Å². The molecule has 24 heavy (non-hydrogen) atoms. The van der Waals surface area contributed by atoms with E-state index in [0.717, 1.165) is 23.4 Å². The second kappa shape index (κ2) is 6.43. The largest absolute Gasteiger partial charge is 0.493 e. The number of benzene rings is 2. The number of para-hydroxylation sites is 1. The average molecular weight is 336 g/mol. The number of anilines is 1. The summed E-state index contributed by atoms with van der Waals surface area (Å²) in [6.45, 7) is 0.488. The van der Waals surface area contributed by atoms with Gasteiger partial charge in [0.1, 0.15) is 5.75 Å². The van der Waals surface area contributed by atoms with Crippen LogP contribution in [0.1, 0.15) is 23.6 Å². The number of ether oxygens (including phenoxy) is 1. The van der Waals surface area contributed by atoms with Gasteiger partial charge in [0.05, 0.1) is 18.2 Å². The number of hydrogen-bond donors (Lipinski definition) is 2. The van der Waals surface area contributed by atoms with Crippen molar-refractivity contribution in [3.8, 4) is 5.75 Å². The van der Waals surface area contributed by atoms with E-state index in [2.05, 4.69) is 10.6 Å². The zero-order valence-corrected chi connectivity index (χ0v) is 12.6. The maximum atomic E-state index is 12.5. The summed E-state index contributed by atoms with van der Waals surface area (Å²) < 4.78 is 43.1. The number of rotatable bonds is 2. The Morgan fingerprint density at radius 1 is 1.08 bits per heavy atom. The fourth-order valence-electron chi connectivity index (χ4n) is 2.56. The molecule has 1 atom stereocenters. The predicted molar refractivity (Wildman–Crippen MR) is 82.9 cm³/mol. The Morgan fingerprint density at radius 3 is 2.50 bits per heavy atom. The van der Waals surface area contributed by atoms with Crippen molar-refractivity contribution in [1.82, 2.24) is 5.32 Å². The maximum Gasteiger partial charge on any atom is 0.416 e. The van der Waals surface area contributed by atoms with E-state index in [-0.39, 0.29) is 6.04 Å². The summed E-state index contributed by atoms with van der Waals surface area (Å²) in [5, 5.41) is 5.36. The van der Waals surface area contributed by atoms with Gasteiger partial charge in [-0.25, -0.2) is 4.79 Å². The molecule has 1 aliphatic heterocycles. The minimum Gasteiger partial charge on any atom is -0.493 e. The van der Waals surface area contributed by atoms with Crippen molar-refractivity contribution in [3.05, 3.63) is 59.7 Å². The molecule has 1 heterocycles. The topological polar surface area (TPSA) is 50.4 Å². The lowest BCUT2D eigenvalue weighted by molar-refractivity contribution is -0.137. The fourth-order valence-corrected chi connectivity index (χ4v) is 2.56. The van der Waals surface area contributed by atoms with Gasteiger partial charge in [-0.15, -0.1) is 0 Å². The molecule has 126 valence electrons. The third-order valence-electron chi connectivity index (χ3n) is 3.73. The lowest BCUT2D eigenvalue weighted by Gasteiger charge is -2.26. The summed E-state index contributed by atoms with van der Waals surface area (Å²) in [5.74, 6) is 0.726. The number of hydrogen-bond acceptors (Lipinski definition) is 2. The Labute approximate surface area is 136 Å². The van der Waals surface area contributed by atoms with E-state index in [1.165, 1.54) is 12.1 Å². The van der Waals surface area contributed by atoms with Gasteiger partial charge in [-0.2, -0.15) is 13.2 Å². The number of fused-ring (bicyclic) bond motifs is 1. The van der Waals surface area contributed by atoms with Gasteiger partial charge in [0.2, 0.25) is 0 Å². The molecule has 2 aromatic rings. The van der Waals surface area contributed by atoms with Crippen LogP contribution in [0.4, 0.5) is 23.7 Å². The molecule has 1 unspecified atom stereocenters. The van der Waals surface area contributed by atoms with Gasteiger partial charge in [-0.3, -0.25) is 0 Å². The molecule has 0 aromatic heterocycles. The van der Waals surface area contributed by atoms with Crippen molar-refractivity contribution in [2.75, 3.05) is 11.9 Å². The van der Waals surface area contributed by atoms with Gasteiger partial charge in [0.25, 0.3) is 0 Å². The van der Waals surface area contributed by atoms with E-state index in [1.807, 2.05) is 24.3 Å². The molecule has 0 fully saturated rings. The molecule has 3 rings (SSSR count). The molecule has 0 aliphatic carbocycles. The highest BCUT2D eigenvalue weighted by atomic mass is 19.4. The van der Waals surface area contributed by atoms with Crippen molar-refractivity contribution in [1.29, 1.82) is 0 Å². The van der Waals surface area contributed by atoms with Crippen molar-refractivity contribution in [2.45, 2.75) is 18.6 Å². The predicted octanol–water partition coefficient (Wildman–Crippen LogP) is 4.35. The number of nitrogens with one attached hydrogen (secondary N) is 2. The van der Waals surface area contributed by atoms with Crippen LogP contribution in [0.2, 0.25) is 0 Å². The molecule has 2 amide bonds. The number of urea groups is 1. The Morgan fingerprint density at radius 2 is 1.79 bits per heavy atom. The van der Waals surface area contributed by atoms with Gasteiger partial charge in [0.15, 0.2) is 0 Å². The van der Waals surface area contributed by atoms with Crippen LogP contribution in [-0.2, 0) is 6.18 Å². The summed E-state index contributed by atoms with van der Waals surface area (Å²) in [7, 11) is 0. The van der Waals surface area contributed by atoms with Gasteiger partial charge in [-0.05, 0) is 30.3 Å². The van der Waals surface area contributed by atoms with Crippen LogP contribution in [-0.4, -0.2) is 12.6 Å². The lowest BCUT2D eigenvalue weighted by atomic mass is 10.0. The van der Waals surface area contributed by atoms with Crippen LogP contribution in [0.25, 0.3) is 0 Å². The zero-order valence-electron chi connectivity index (χ0n) is 12.6. The smallest absolute Gasteiger partial charge is 0.416 e. The minimum atomic E-state index is -4.40. The Balaban J connectivity index is 1.64. The molecule has 7 heteroatoms. The van der Waals surface area contributed by atoms with E-state index in [4.69, 9.17) is 4.74 Å². The van der Waals surface area contributed by atoms with Crippen molar-refractivity contribution in [2.24, 2.45) is 0 Å². The molecule has 0 spiro atoms. The van der Waals surface area contributed by atoms with Crippen LogP contribution in [0, 0.1) is 0 Å². The number of carbonyl (C=O) groups excluding carboxylic acids is 1. The maximum absolute atomic E-state index is 12.5. The molecule has 4 nitrogen and oxygen atoms in total.